The van der Waals surface area contributed by atoms with Gasteiger partial charge in [0, 0.05) is 6.92 Å². The molecule has 1 heterocycles. The minimum absolute atomic E-state index is 0.164. The molecule has 8 nitrogen and oxygen atoms in total. The van der Waals surface area contributed by atoms with Gasteiger partial charge in [-0.25, -0.2) is 9.59 Å². The fraction of sp³-hybridized carbons (Fsp3) is 0.516. The molecule has 2 aromatic rings. The summed E-state index contributed by atoms with van der Waals surface area (Å²) in [5, 5.41) is 11.7. The molecule has 0 amide bonds. The molecular formula is C31H36O8. The number of benzene rings is 2. The van der Waals surface area contributed by atoms with Gasteiger partial charge >= 0.3 is 17.9 Å². The van der Waals surface area contributed by atoms with Crippen LogP contribution in [0.3, 0.4) is 0 Å². The lowest BCUT2D eigenvalue weighted by Gasteiger charge is -2.62. The number of hydrogen-bond acceptors (Lipinski definition) is 8. The summed E-state index contributed by atoms with van der Waals surface area (Å²) in [4.78, 5) is 39.4. The van der Waals surface area contributed by atoms with Gasteiger partial charge < -0.3 is 24.1 Å². The molecule has 5 rings (SSSR count). The number of ether oxygens (including phenoxy) is 4. The van der Waals surface area contributed by atoms with E-state index in [1.807, 2.05) is 20.8 Å². The predicted octanol–water partition coefficient (Wildman–Crippen LogP) is 4.34. The molecule has 39 heavy (non-hydrogen) atoms. The molecule has 3 fully saturated rings. The van der Waals surface area contributed by atoms with E-state index < -0.39 is 64.9 Å². The van der Waals surface area contributed by atoms with Crippen LogP contribution in [0.25, 0.3) is 0 Å². The molecule has 8 atom stereocenters. The van der Waals surface area contributed by atoms with Crippen molar-refractivity contribution in [3.63, 3.8) is 0 Å². The maximum absolute atomic E-state index is 13.5. The molecule has 1 N–H and O–H groups in total. The second-order valence-electron chi connectivity index (χ2n) is 11.8. The fourth-order valence-electron chi connectivity index (χ4n) is 7.40. The molecule has 3 aliphatic rings. The topological polar surface area (TPSA) is 108 Å². The van der Waals surface area contributed by atoms with Gasteiger partial charge in [-0.15, -0.1) is 0 Å². The Morgan fingerprint density at radius 1 is 0.821 bits per heavy atom. The first kappa shape index (κ1) is 27.3. The Balaban J connectivity index is 1.69. The van der Waals surface area contributed by atoms with Gasteiger partial charge in [-0.05, 0) is 56.9 Å². The van der Waals surface area contributed by atoms with Crippen molar-refractivity contribution >= 4 is 17.9 Å². The molecule has 2 aromatic carbocycles. The lowest BCUT2D eigenvalue weighted by atomic mass is 9.48. The second-order valence-corrected chi connectivity index (χ2v) is 11.8. The summed E-state index contributed by atoms with van der Waals surface area (Å²) in [6.07, 6.45) is -2.97. The summed E-state index contributed by atoms with van der Waals surface area (Å²) in [7, 11) is 0. The third kappa shape index (κ3) is 4.16. The van der Waals surface area contributed by atoms with Gasteiger partial charge in [-0.2, -0.15) is 0 Å². The molecule has 0 radical (unpaired) electrons. The number of carbonyl (C=O) groups excluding carboxylic acids is 3. The van der Waals surface area contributed by atoms with E-state index in [9.17, 15) is 19.5 Å². The molecule has 1 aliphatic heterocycles. The van der Waals surface area contributed by atoms with Crippen molar-refractivity contribution < 1.29 is 38.4 Å². The zero-order valence-electron chi connectivity index (χ0n) is 23.0. The zero-order chi connectivity index (χ0) is 28.2. The summed E-state index contributed by atoms with van der Waals surface area (Å²) in [6, 6.07) is 17.1. The van der Waals surface area contributed by atoms with Crippen molar-refractivity contribution in [3.8, 4) is 0 Å². The first-order valence-corrected chi connectivity index (χ1v) is 13.5. The molecule has 8 heteroatoms. The smallest absolute Gasteiger partial charge is 0.338 e. The minimum Gasteiger partial charge on any atom is -0.459 e. The summed E-state index contributed by atoms with van der Waals surface area (Å²) in [5.41, 5.74) is -2.77. The van der Waals surface area contributed by atoms with Crippen LogP contribution in [0.1, 0.15) is 68.2 Å². The van der Waals surface area contributed by atoms with Crippen molar-refractivity contribution in [1.29, 1.82) is 0 Å². The maximum Gasteiger partial charge on any atom is 0.338 e. The van der Waals surface area contributed by atoms with Crippen LogP contribution in [0, 0.1) is 17.3 Å². The number of esters is 3. The first-order valence-electron chi connectivity index (χ1n) is 13.5. The van der Waals surface area contributed by atoms with E-state index in [-0.39, 0.29) is 5.92 Å². The van der Waals surface area contributed by atoms with E-state index >= 15 is 0 Å². The molecule has 2 aliphatic carbocycles. The summed E-state index contributed by atoms with van der Waals surface area (Å²) in [6.45, 7) is 8.86. The highest BCUT2D eigenvalue weighted by Crippen LogP contribution is 2.67. The highest BCUT2D eigenvalue weighted by atomic mass is 16.6. The van der Waals surface area contributed by atoms with Crippen LogP contribution >= 0.6 is 0 Å². The van der Waals surface area contributed by atoms with Gasteiger partial charge in [-0.3, -0.25) is 4.79 Å². The van der Waals surface area contributed by atoms with Gasteiger partial charge in [-0.1, -0.05) is 50.2 Å². The van der Waals surface area contributed by atoms with Crippen LogP contribution in [-0.4, -0.2) is 58.6 Å². The highest BCUT2D eigenvalue weighted by molar-refractivity contribution is 5.90. The average Bonchev–Trinajstić information content (AvgIpc) is 3.11. The molecule has 1 spiro atoms. The van der Waals surface area contributed by atoms with Crippen LogP contribution in [0.5, 0.6) is 0 Å². The van der Waals surface area contributed by atoms with Crippen LogP contribution in [0.15, 0.2) is 60.7 Å². The highest BCUT2D eigenvalue weighted by Gasteiger charge is 2.81. The zero-order valence-corrected chi connectivity index (χ0v) is 23.0. The van der Waals surface area contributed by atoms with E-state index in [0.717, 1.165) is 0 Å². The average molecular weight is 537 g/mol. The van der Waals surface area contributed by atoms with Crippen molar-refractivity contribution in [3.05, 3.63) is 71.8 Å². The Bertz CT molecular complexity index is 1240. The van der Waals surface area contributed by atoms with Crippen molar-refractivity contribution in [2.45, 2.75) is 83.1 Å². The van der Waals surface area contributed by atoms with Crippen LogP contribution in [0.4, 0.5) is 0 Å². The normalized spacial score (nSPS) is 36.4. The molecule has 2 saturated carbocycles. The van der Waals surface area contributed by atoms with Crippen molar-refractivity contribution in [2.24, 2.45) is 17.3 Å². The van der Waals surface area contributed by atoms with Gasteiger partial charge in [0.15, 0.2) is 6.10 Å². The minimum atomic E-state index is -1.28. The van der Waals surface area contributed by atoms with Crippen LogP contribution in [0.2, 0.25) is 0 Å². The third-order valence-electron chi connectivity index (χ3n) is 9.16. The lowest BCUT2D eigenvalue weighted by Crippen LogP contribution is -2.76. The Morgan fingerprint density at radius 2 is 1.36 bits per heavy atom. The third-order valence-corrected chi connectivity index (χ3v) is 9.16. The number of rotatable bonds is 5. The van der Waals surface area contributed by atoms with E-state index in [4.69, 9.17) is 18.9 Å². The Hall–Kier alpha value is -3.23. The quantitative estimate of drug-likeness (QED) is 0.444. The maximum atomic E-state index is 13.5. The van der Waals surface area contributed by atoms with E-state index in [1.54, 1.807) is 67.6 Å². The SMILES string of the molecule is CC(=O)O[C@@H]1[C@H]2[C@@H](OC(=O)c3ccccc3)[C@@H](OC(=O)c3ccccc3)[C@]3(C)[C@@H](O)CC[C@@H](C)[C@@]13OC2(C)C. The largest absolute Gasteiger partial charge is 0.459 e. The van der Waals surface area contributed by atoms with Gasteiger partial charge in [0.05, 0.1) is 34.2 Å². The molecular weight excluding hydrogens is 500 g/mol. The van der Waals surface area contributed by atoms with E-state index in [1.165, 1.54) is 6.92 Å². The van der Waals surface area contributed by atoms with Crippen molar-refractivity contribution in [2.75, 3.05) is 0 Å². The number of carbonyl (C=O) groups is 3. The molecule has 2 bridgehead atoms. The lowest BCUT2D eigenvalue weighted by molar-refractivity contribution is -0.295. The van der Waals surface area contributed by atoms with E-state index in [0.29, 0.717) is 24.0 Å². The second kappa shape index (κ2) is 9.75. The number of fused-ring (bicyclic) bond motifs is 1. The molecule has 208 valence electrons. The van der Waals surface area contributed by atoms with Crippen LogP contribution in [-0.2, 0) is 23.7 Å². The number of hydrogen-bond donors (Lipinski definition) is 1. The summed E-state index contributed by atoms with van der Waals surface area (Å²) >= 11 is 0. The summed E-state index contributed by atoms with van der Waals surface area (Å²) < 4.78 is 25.3. The Kier molecular flexibility index (Phi) is 6.84. The Morgan fingerprint density at radius 3 is 1.90 bits per heavy atom. The molecule has 1 saturated heterocycles. The summed E-state index contributed by atoms with van der Waals surface area (Å²) in [5.74, 6) is -2.56. The standard InChI is InChI=1S/C31H36O8/c1-18-16-17-22(33)30(5)26(38-28(35)21-14-10-7-11-15-21)24(37-27(34)20-12-8-6-9-13-20)23-25(36-19(2)32)31(18,30)39-29(23,3)4/h6-15,18,22-26,33H,16-17H2,1-5H3/t18-,22+,23-,24-,25-,26-,30+,31-/m1/s1. The van der Waals surface area contributed by atoms with Gasteiger partial charge in [0.1, 0.15) is 17.8 Å². The number of aliphatic hydroxyl groups excluding tert-OH is 1. The van der Waals surface area contributed by atoms with Crippen LogP contribution < -0.4 is 0 Å². The van der Waals surface area contributed by atoms with E-state index in [2.05, 4.69) is 0 Å². The molecule has 0 unspecified atom stereocenters. The van der Waals surface area contributed by atoms with Gasteiger partial charge in [0.25, 0.3) is 0 Å². The number of aliphatic hydroxyl groups is 1. The fourth-order valence-corrected chi connectivity index (χ4v) is 7.40. The van der Waals surface area contributed by atoms with Crippen molar-refractivity contribution in [1.82, 2.24) is 0 Å². The Labute approximate surface area is 228 Å². The first-order chi connectivity index (χ1) is 18.4. The monoisotopic (exact) mass is 536 g/mol. The molecule has 0 aromatic heterocycles. The predicted molar refractivity (Wildman–Crippen MR) is 141 cm³/mol. The van der Waals surface area contributed by atoms with Gasteiger partial charge in [0.2, 0.25) is 0 Å².